The lowest BCUT2D eigenvalue weighted by Crippen LogP contribution is -2.46. The number of hydrogen-bond acceptors (Lipinski definition) is 2. The van der Waals surface area contributed by atoms with E-state index in [0.29, 0.717) is 32.4 Å². The van der Waals surface area contributed by atoms with Crippen LogP contribution in [0.15, 0.2) is 24.3 Å². The van der Waals surface area contributed by atoms with Crippen LogP contribution in [0.5, 0.6) is 0 Å². The largest absolute Gasteiger partial charge is 0.353 e. The summed E-state index contributed by atoms with van der Waals surface area (Å²) in [4.78, 5) is 25.4. The van der Waals surface area contributed by atoms with Gasteiger partial charge in [0.1, 0.15) is 5.82 Å². The molecule has 1 aliphatic heterocycles. The van der Waals surface area contributed by atoms with Crippen LogP contribution in [0.3, 0.4) is 0 Å². The molecule has 1 fully saturated rings. The molecule has 2 rings (SSSR count). The lowest BCUT2D eigenvalue weighted by molar-refractivity contribution is -0.132. The quantitative estimate of drug-likeness (QED) is 0.907. The van der Waals surface area contributed by atoms with E-state index in [-0.39, 0.29) is 23.7 Å². The number of nitrogens with one attached hydrogen (secondary N) is 1. The van der Waals surface area contributed by atoms with Gasteiger partial charge in [0.15, 0.2) is 0 Å². The van der Waals surface area contributed by atoms with Gasteiger partial charge in [0.25, 0.3) is 0 Å². The maximum absolute atomic E-state index is 12.8. The SMILES string of the molecule is CCC(=O)NC1CCN(C(=O)CCc2ccc(F)cc2)CC1. The van der Waals surface area contributed by atoms with Gasteiger partial charge in [-0.25, -0.2) is 4.39 Å². The average molecular weight is 306 g/mol. The van der Waals surface area contributed by atoms with E-state index in [4.69, 9.17) is 0 Å². The summed E-state index contributed by atoms with van der Waals surface area (Å²) < 4.78 is 12.8. The molecule has 0 unspecified atom stereocenters. The summed E-state index contributed by atoms with van der Waals surface area (Å²) in [5.74, 6) is -0.0584. The molecule has 0 saturated carbocycles. The standard InChI is InChI=1S/C17H23FN2O2/c1-2-16(21)19-15-9-11-20(12-10-15)17(22)8-5-13-3-6-14(18)7-4-13/h3-4,6-7,15H,2,5,8-12H2,1H3,(H,19,21). The van der Waals surface area contributed by atoms with Gasteiger partial charge in [-0.05, 0) is 37.0 Å². The molecule has 120 valence electrons. The molecule has 4 nitrogen and oxygen atoms in total. The number of piperidine rings is 1. The van der Waals surface area contributed by atoms with Crippen molar-refractivity contribution >= 4 is 11.8 Å². The highest BCUT2D eigenvalue weighted by Crippen LogP contribution is 2.13. The average Bonchev–Trinajstić information content (AvgIpc) is 2.54. The Bertz CT molecular complexity index is 508. The van der Waals surface area contributed by atoms with Crippen LogP contribution < -0.4 is 5.32 Å². The van der Waals surface area contributed by atoms with Gasteiger partial charge >= 0.3 is 0 Å². The number of nitrogens with zero attached hydrogens (tertiary/aromatic N) is 1. The van der Waals surface area contributed by atoms with Gasteiger partial charge in [-0.15, -0.1) is 0 Å². The van der Waals surface area contributed by atoms with Gasteiger partial charge in [0.2, 0.25) is 11.8 Å². The minimum absolute atomic E-state index is 0.0705. The Hall–Kier alpha value is -1.91. The molecular formula is C17H23FN2O2. The molecule has 22 heavy (non-hydrogen) atoms. The van der Waals surface area contributed by atoms with Crippen LogP contribution in [0.2, 0.25) is 0 Å². The molecule has 1 aliphatic rings. The summed E-state index contributed by atoms with van der Waals surface area (Å²) in [6.45, 7) is 3.22. The van der Waals surface area contributed by atoms with Crippen LogP contribution in [-0.2, 0) is 16.0 Å². The van der Waals surface area contributed by atoms with Crippen molar-refractivity contribution < 1.29 is 14.0 Å². The maximum atomic E-state index is 12.8. The van der Waals surface area contributed by atoms with E-state index >= 15 is 0 Å². The lowest BCUT2D eigenvalue weighted by Gasteiger charge is -2.32. The van der Waals surface area contributed by atoms with Crippen LogP contribution >= 0.6 is 0 Å². The van der Waals surface area contributed by atoms with Crippen molar-refractivity contribution in [2.75, 3.05) is 13.1 Å². The zero-order chi connectivity index (χ0) is 15.9. The Labute approximate surface area is 130 Å². The van der Waals surface area contributed by atoms with E-state index < -0.39 is 0 Å². The van der Waals surface area contributed by atoms with Gasteiger partial charge in [0.05, 0.1) is 0 Å². The number of rotatable bonds is 5. The number of aryl methyl sites for hydroxylation is 1. The fourth-order valence-electron chi connectivity index (χ4n) is 2.66. The van der Waals surface area contributed by atoms with Crippen LogP contribution in [0, 0.1) is 5.82 Å². The normalized spacial score (nSPS) is 15.6. The maximum Gasteiger partial charge on any atom is 0.222 e. The minimum Gasteiger partial charge on any atom is -0.353 e. The lowest BCUT2D eigenvalue weighted by atomic mass is 10.0. The van der Waals surface area contributed by atoms with Crippen molar-refractivity contribution in [3.8, 4) is 0 Å². The molecule has 1 N–H and O–H groups in total. The third kappa shape index (κ3) is 4.83. The molecule has 1 aromatic carbocycles. The monoisotopic (exact) mass is 306 g/mol. The third-order valence-electron chi connectivity index (χ3n) is 4.07. The Morgan fingerprint density at radius 3 is 2.45 bits per heavy atom. The molecule has 1 heterocycles. The second-order valence-corrected chi connectivity index (χ2v) is 5.70. The molecule has 0 spiro atoms. The molecule has 0 bridgehead atoms. The zero-order valence-electron chi connectivity index (χ0n) is 13.0. The highest BCUT2D eigenvalue weighted by molar-refractivity contribution is 5.77. The summed E-state index contributed by atoms with van der Waals surface area (Å²) in [5.41, 5.74) is 0.972. The summed E-state index contributed by atoms with van der Waals surface area (Å²) in [6, 6.07) is 6.46. The molecule has 2 amide bonds. The van der Waals surface area contributed by atoms with E-state index in [1.54, 1.807) is 12.1 Å². The van der Waals surface area contributed by atoms with Crippen LogP contribution in [0.1, 0.15) is 38.2 Å². The summed E-state index contributed by atoms with van der Waals surface area (Å²) in [7, 11) is 0. The number of likely N-dealkylation sites (tertiary alicyclic amines) is 1. The van der Waals surface area contributed by atoms with E-state index in [1.165, 1.54) is 12.1 Å². The first kappa shape index (κ1) is 16.5. The third-order valence-corrected chi connectivity index (χ3v) is 4.07. The van der Waals surface area contributed by atoms with E-state index in [2.05, 4.69) is 5.32 Å². The first-order valence-corrected chi connectivity index (χ1v) is 7.90. The topological polar surface area (TPSA) is 49.4 Å². The van der Waals surface area contributed by atoms with Crippen molar-refractivity contribution in [3.63, 3.8) is 0 Å². The van der Waals surface area contributed by atoms with Crippen molar-refractivity contribution in [1.29, 1.82) is 0 Å². The molecule has 1 saturated heterocycles. The highest BCUT2D eigenvalue weighted by Gasteiger charge is 2.23. The number of benzene rings is 1. The number of amides is 2. The molecule has 1 aromatic rings. The number of halogens is 1. The van der Waals surface area contributed by atoms with E-state index in [1.807, 2.05) is 11.8 Å². The van der Waals surface area contributed by atoms with Gasteiger partial charge < -0.3 is 10.2 Å². The van der Waals surface area contributed by atoms with Crippen molar-refractivity contribution in [3.05, 3.63) is 35.6 Å². The summed E-state index contributed by atoms with van der Waals surface area (Å²) in [5, 5.41) is 2.98. The van der Waals surface area contributed by atoms with E-state index in [9.17, 15) is 14.0 Å². The van der Waals surface area contributed by atoms with Crippen molar-refractivity contribution in [2.45, 2.75) is 45.1 Å². The van der Waals surface area contributed by atoms with Crippen molar-refractivity contribution in [2.24, 2.45) is 0 Å². The smallest absolute Gasteiger partial charge is 0.222 e. The Morgan fingerprint density at radius 1 is 1.23 bits per heavy atom. The predicted octanol–water partition coefficient (Wildman–Crippen LogP) is 2.28. The molecule has 0 radical (unpaired) electrons. The molecule has 0 atom stereocenters. The molecule has 0 aliphatic carbocycles. The number of hydrogen-bond donors (Lipinski definition) is 1. The first-order chi connectivity index (χ1) is 10.6. The fourth-order valence-corrected chi connectivity index (χ4v) is 2.66. The van der Waals surface area contributed by atoms with Gasteiger partial charge in [0, 0.05) is 32.0 Å². The van der Waals surface area contributed by atoms with Gasteiger partial charge in [-0.2, -0.15) is 0 Å². The van der Waals surface area contributed by atoms with E-state index in [0.717, 1.165) is 18.4 Å². The minimum atomic E-state index is -0.258. The molecule has 0 aromatic heterocycles. The number of carbonyl (C=O) groups is 2. The number of carbonyl (C=O) groups excluding carboxylic acids is 2. The fraction of sp³-hybridized carbons (Fsp3) is 0.529. The second-order valence-electron chi connectivity index (χ2n) is 5.70. The Balaban J connectivity index is 1.73. The molecular weight excluding hydrogens is 283 g/mol. The predicted molar refractivity (Wildman–Crippen MR) is 82.8 cm³/mol. The van der Waals surface area contributed by atoms with Gasteiger partial charge in [-0.1, -0.05) is 19.1 Å². The Kier molecular flexibility index (Phi) is 5.92. The van der Waals surface area contributed by atoms with Crippen LogP contribution in [0.25, 0.3) is 0 Å². The molecule has 5 heteroatoms. The highest BCUT2D eigenvalue weighted by atomic mass is 19.1. The van der Waals surface area contributed by atoms with Crippen LogP contribution in [-0.4, -0.2) is 35.8 Å². The summed E-state index contributed by atoms with van der Waals surface area (Å²) in [6.07, 6.45) is 3.20. The van der Waals surface area contributed by atoms with Gasteiger partial charge in [-0.3, -0.25) is 9.59 Å². The zero-order valence-corrected chi connectivity index (χ0v) is 13.0. The summed E-state index contributed by atoms with van der Waals surface area (Å²) >= 11 is 0. The van der Waals surface area contributed by atoms with Crippen molar-refractivity contribution in [1.82, 2.24) is 10.2 Å². The second kappa shape index (κ2) is 7.92. The Morgan fingerprint density at radius 2 is 1.86 bits per heavy atom. The first-order valence-electron chi connectivity index (χ1n) is 7.90. The van der Waals surface area contributed by atoms with Crippen LogP contribution in [0.4, 0.5) is 4.39 Å².